The molecule has 0 spiro atoms. The van der Waals surface area contributed by atoms with E-state index in [1.807, 2.05) is 0 Å². The molecule has 0 unspecified atom stereocenters. The second-order valence-electron chi connectivity index (χ2n) is 5.63. The lowest BCUT2D eigenvalue weighted by Crippen LogP contribution is -2.25. The lowest BCUT2D eigenvalue weighted by atomic mass is 10.2. The molecule has 0 aliphatic heterocycles. The van der Waals surface area contributed by atoms with Gasteiger partial charge in [0.15, 0.2) is 5.82 Å². The molecule has 28 heavy (non-hydrogen) atoms. The molecule has 3 rings (SSSR count). The van der Waals surface area contributed by atoms with Crippen molar-refractivity contribution in [2.75, 3.05) is 26.1 Å². The van der Waals surface area contributed by atoms with Crippen molar-refractivity contribution in [2.45, 2.75) is 11.4 Å². The maximum atomic E-state index is 14.0. The van der Waals surface area contributed by atoms with E-state index in [9.17, 15) is 12.8 Å². The third-order valence-corrected chi connectivity index (χ3v) is 4.89. The van der Waals surface area contributed by atoms with Crippen molar-refractivity contribution in [3.8, 4) is 17.4 Å². The van der Waals surface area contributed by atoms with Gasteiger partial charge >= 0.3 is 6.01 Å². The Morgan fingerprint density at radius 2 is 2.04 bits per heavy atom. The number of halogens is 1. The number of hydrogen-bond acceptors (Lipinski definition) is 10. The zero-order valence-electron chi connectivity index (χ0n) is 15.1. The van der Waals surface area contributed by atoms with E-state index in [0.717, 1.165) is 18.2 Å². The first kappa shape index (κ1) is 19.5. The molecule has 0 aliphatic carbocycles. The molecule has 0 amide bonds. The van der Waals surface area contributed by atoms with E-state index in [1.165, 1.54) is 7.11 Å². The van der Waals surface area contributed by atoms with Crippen molar-refractivity contribution in [2.24, 2.45) is 0 Å². The average Bonchev–Trinajstić information content (AvgIpc) is 3.21. The fraction of sp³-hybridized carbons (Fsp3) is 0.286. The monoisotopic (exact) mass is 409 g/mol. The van der Waals surface area contributed by atoms with E-state index in [0.29, 0.717) is 5.95 Å². The Balaban J connectivity index is 1.85. The van der Waals surface area contributed by atoms with Gasteiger partial charge in [0.1, 0.15) is 5.82 Å². The van der Waals surface area contributed by atoms with E-state index in [1.54, 1.807) is 19.0 Å². The number of H-pyrrole nitrogens is 1. The second-order valence-corrected chi connectivity index (χ2v) is 7.40. The van der Waals surface area contributed by atoms with E-state index < -0.39 is 15.8 Å². The third kappa shape index (κ3) is 4.17. The molecule has 2 aromatic heterocycles. The predicted molar refractivity (Wildman–Crippen MR) is 94.3 cm³/mol. The zero-order chi connectivity index (χ0) is 20.3. The fourth-order valence-electron chi connectivity index (χ4n) is 2.12. The van der Waals surface area contributed by atoms with Crippen molar-refractivity contribution in [1.29, 1.82) is 0 Å². The average molecular weight is 409 g/mol. The molecule has 2 heterocycles. The highest BCUT2D eigenvalue weighted by molar-refractivity contribution is 7.89. The summed E-state index contributed by atoms with van der Waals surface area (Å²) in [4.78, 5) is 13.7. The topological polar surface area (TPSA) is 152 Å². The molecule has 148 valence electrons. The van der Waals surface area contributed by atoms with Gasteiger partial charge < -0.3 is 9.64 Å². The molecule has 0 saturated carbocycles. The summed E-state index contributed by atoms with van der Waals surface area (Å²) >= 11 is 0. The van der Waals surface area contributed by atoms with Crippen LogP contribution in [0.25, 0.3) is 11.4 Å². The van der Waals surface area contributed by atoms with Gasteiger partial charge in [0, 0.05) is 14.1 Å². The number of methoxy groups -OCH3 is 1. The summed E-state index contributed by atoms with van der Waals surface area (Å²) in [6, 6.07) is 3.30. The van der Waals surface area contributed by atoms with Crippen LogP contribution < -0.4 is 14.4 Å². The molecule has 0 saturated heterocycles. The summed E-state index contributed by atoms with van der Waals surface area (Å²) in [5.41, 5.74) is -0.103. The third-order valence-electron chi connectivity index (χ3n) is 3.49. The summed E-state index contributed by atoms with van der Waals surface area (Å²) in [5.74, 6) is -0.285. The number of ether oxygens (including phenoxy) is 1. The van der Waals surface area contributed by atoms with Crippen molar-refractivity contribution in [1.82, 2.24) is 40.3 Å². The first-order valence-electron chi connectivity index (χ1n) is 7.79. The molecule has 14 heteroatoms. The minimum atomic E-state index is -4.00. The van der Waals surface area contributed by atoms with Gasteiger partial charge in [-0.05, 0) is 23.4 Å². The molecule has 0 atom stereocenters. The van der Waals surface area contributed by atoms with E-state index >= 15 is 0 Å². The fourth-order valence-corrected chi connectivity index (χ4v) is 3.12. The van der Waals surface area contributed by atoms with Crippen LogP contribution in [0.4, 0.5) is 10.3 Å². The minimum Gasteiger partial charge on any atom is -0.467 e. The van der Waals surface area contributed by atoms with E-state index in [4.69, 9.17) is 4.74 Å². The second kappa shape index (κ2) is 7.77. The molecule has 0 aliphatic rings. The maximum Gasteiger partial charge on any atom is 0.321 e. The van der Waals surface area contributed by atoms with Gasteiger partial charge in [0.25, 0.3) is 0 Å². The van der Waals surface area contributed by atoms with Gasteiger partial charge in [-0.1, -0.05) is 0 Å². The molecular formula is C14H16FN9O3S. The quantitative estimate of drug-likeness (QED) is 0.534. The van der Waals surface area contributed by atoms with Gasteiger partial charge in [0.2, 0.25) is 21.8 Å². The standard InChI is InChI=1S/C14H16FN9O3S/c1-24(2)13-17-11(18-14(19-13)27-3)7-16-28(25,26)8-4-5-10(15)9(6-8)12-20-22-23-21-12/h4-6,16H,7H2,1-3H3,(H,20,21,22,23). The Morgan fingerprint density at radius 3 is 2.68 bits per heavy atom. The van der Waals surface area contributed by atoms with Crippen LogP contribution in [0.5, 0.6) is 6.01 Å². The number of hydrogen-bond donors (Lipinski definition) is 2. The molecule has 2 N–H and O–H groups in total. The number of tetrazole rings is 1. The smallest absolute Gasteiger partial charge is 0.321 e. The molecule has 1 aromatic carbocycles. The zero-order valence-corrected chi connectivity index (χ0v) is 15.9. The summed E-state index contributed by atoms with van der Waals surface area (Å²) in [6.45, 7) is -0.225. The van der Waals surface area contributed by atoms with Gasteiger partial charge in [-0.3, -0.25) is 0 Å². The largest absolute Gasteiger partial charge is 0.467 e. The Labute approximate surface area is 159 Å². The number of anilines is 1. The maximum absolute atomic E-state index is 14.0. The van der Waals surface area contributed by atoms with Gasteiger partial charge in [0.05, 0.1) is 24.1 Å². The summed E-state index contributed by atoms with van der Waals surface area (Å²) in [7, 11) is 0.836. The normalized spacial score (nSPS) is 11.4. The number of nitrogens with one attached hydrogen (secondary N) is 2. The summed E-state index contributed by atoms with van der Waals surface area (Å²) in [5, 5.41) is 12.8. The van der Waals surface area contributed by atoms with Gasteiger partial charge in [-0.25, -0.2) is 17.5 Å². The number of benzene rings is 1. The molecular weight excluding hydrogens is 393 g/mol. The van der Waals surface area contributed by atoms with Crippen LogP contribution in [0.1, 0.15) is 5.82 Å². The van der Waals surface area contributed by atoms with Crippen LogP contribution in [0.15, 0.2) is 23.1 Å². The van der Waals surface area contributed by atoms with Crippen molar-refractivity contribution in [3.63, 3.8) is 0 Å². The molecule has 0 fully saturated rings. The van der Waals surface area contributed by atoms with Crippen LogP contribution in [-0.4, -0.2) is 65.2 Å². The molecule has 3 aromatic rings. The number of rotatable bonds is 7. The van der Waals surface area contributed by atoms with E-state index in [-0.39, 0.29) is 34.7 Å². The predicted octanol–water partition coefficient (Wildman–Crippen LogP) is -0.256. The summed E-state index contributed by atoms with van der Waals surface area (Å²) < 4.78 is 46.6. The Morgan fingerprint density at radius 1 is 1.25 bits per heavy atom. The molecule has 0 radical (unpaired) electrons. The highest BCUT2D eigenvalue weighted by Gasteiger charge is 2.19. The highest BCUT2D eigenvalue weighted by atomic mass is 32.2. The molecule has 0 bridgehead atoms. The molecule has 12 nitrogen and oxygen atoms in total. The number of nitrogens with zero attached hydrogens (tertiary/aromatic N) is 7. The van der Waals surface area contributed by atoms with Crippen LogP contribution >= 0.6 is 0 Å². The first-order valence-corrected chi connectivity index (χ1v) is 9.28. The Kier molecular flexibility index (Phi) is 5.41. The van der Waals surface area contributed by atoms with Crippen LogP contribution in [0, 0.1) is 5.82 Å². The van der Waals surface area contributed by atoms with E-state index in [2.05, 4.69) is 40.3 Å². The Hall–Kier alpha value is -3.26. The Bertz CT molecular complexity index is 1070. The first-order chi connectivity index (χ1) is 13.3. The minimum absolute atomic E-state index is 0.0501. The highest BCUT2D eigenvalue weighted by Crippen LogP contribution is 2.22. The lowest BCUT2D eigenvalue weighted by Gasteiger charge is -2.12. The lowest BCUT2D eigenvalue weighted by molar-refractivity contribution is 0.375. The van der Waals surface area contributed by atoms with Crippen molar-refractivity contribution < 1.29 is 17.5 Å². The van der Waals surface area contributed by atoms with Crippen LogP contribution in [0.3, 0.4) is 0 Å². The van der Waals surface area contributed by atoms with Crippen molar-refractivity contribution in [3.05, 3.63) is 29.8 Å². The summed E-state index contributed by atoms with van der Waals surface area (Å²) in [6.07, 6.45) is 0. The SMILES string of the molecule is COc1nc(CNS(=O)(=O)c2ccc(F)c(-c3nn[nH]n3)c2)nc(N(C)C)n1. The van der Waals surface area contributed by atoms with Gasteiger partial charge in [-0.2, -0.15) is 20.2 Å². The van der Waals surface area contributed by atoms with Crippen molar-refractivity contribution >= 4 is 16.0 Å². The van der Waals surface area contributed by atoms with Crippen LogP contribution in [-0.2, 0) is 16.6 Å². The number of aromatic amines is 1. The number of sulfonamides is 1. The number of aromatic nitrogens is 7. The van der Waals surface area contributed by atoms with Crippen LogP contribution in [0.2, 0.25) is 0 Å². The van der Waals surface area contributed by atoms with Gasteiger partial charge in [-0.15, -0.1) is 10.2 Å².